The molecule has 1 aliphatic rings. The second-order valence-electron chi connectivity index (χ2n) is 9.04. The van der Waals surface area contributed by atoms with Gasteiger partial charge < -0.3 is 34.7 Å². The highest BCUT2D eigenvalue weighted by Crippen LogP contribution is 2.42. The number of carbonyl (C=O) groups excluding carboxylic acids is 2. The first-order valence-corrected chi connectivity index (χ1v) is 13.2. The number of benzene rings is 2. The third kappa shape index (κ3) is 5.38. The molecule has 0 atom stereocenters. The van der Waals surface area contributed by atoms with Crippen LogP contribution in [0.2, 0.25) is 10.0 Å². The molecule has 12 heteroatoms. The second kappa shape index (κ2) is 11.6. The largest absolute Gasteiger partial charge is 0.495 e. The highest BCUT2D eigenvalue weighted by atomic mass is 35.5. The Balaban J connectivity index is 1.46. The van der Waals surface area contributed by atoms with E-state index in [1.807, 2.05) is 18.2 Å². The normalized spacial score (nSPS) is 13.3. The van der Waals surface area contributed by atoms with Gasteiger partial charge in [0.1, 0.15) is 23.0 Å². The number of hydrogen-bond acceptors (Lipinski definition) is 8. The molecule has 0 radical (unpaired) electrons. The molecular weight excluding hydrogens is 557 g/mol. The molecular formula is C28H27Cl2N5O5. The highest BCUT2D eigenvalue weighted by molar-refractivity contribution is 6.43. The number of ketones is 1. The molecule has 1 amide bonds. The van der Waals surface area contributed by atoms with Gasteiger partial charge in [0, 0.05) is 48.9 Å². The van der Waals surface area contributed by atoms with Crippen molar-refractivity contribution in [2.45, 2.75) is 6.92 Å². The van der Waals surface area contributed by atoms with Gasteiger partial charge in [-0.2, -0.15) is 0 Å². The number of rotatable bonds is 8. The van der Waals surface area contributed by atoms with Crippen molar-refractivity contribution in [3.63, 3.8) is 0 Å². The van der Waals surface area contributed by atoms with Crippen LogP contribution in [0.1, 0.15) is 22.8 Å². The van der Waals surface area contributed by atoms with Crippen molar-refractivity contribution in [2.75, 3.05) is 56.1 Å². The van der Waals surface area contributed by atoms with Gasteiger partial charge in [0.25, 0.3) is 0 Å². The minimum Gasteiger partial charge on any atom is -0.495 e. The quantitative estimate of drug-likeness (QED) is 0.227. The van der Waals surface area contributed by atoms with Gasteiger partial charge in [0.05, 0.1) is 54.4 Å². The van der Waals surface area contributed by atoms with Crippen molar-refractivity contribution < 1.29 is 23.8 Å². The number of methoxy groups -OCH3 is 2. The molecule has 5 rings (SSSR count). The second-order valence-corrected chi connectivity index (χ2v) is 9.80. The van der Waals surface area contributed by atoms with E-state index in [9.17, 15) is 9.59 Å². The van der Waals surface area contributed by atoms with Crippen LogP contribution in [0.3, 0.4) is 0 Å². The summed E-state index contributed by atoms with van der Waals surface area (Å²) >= 11 is 12.9. The molecule has 10 nitrogen and oxygen atoms in total. The predicted octanol–water partition coefficient (Wildman–Crippen LogP) is 5.66. The molecule has 3 heterocycles. The lowest BCUT2D eigenvalue weighted by atomic mass is 10.0. The molecule has 1 fully saturated rings. The lowest BCUT2D eigenvalue weighted by Gasteiger charge is -2.29. The maximum atomic E-state index is 13.6. The van der Waals surface area contributed by atoms with Gasteiger partial charge >= 0.3 is 0 Å². The molecule has 0 unspecified atom stereocenters. The number of nitrogens with zero attached hydrogens (tertiary/aromatic N) is 2. The van der Waals surface area contributed by atoms with Crippen LogP contribution in [-0.4, -0.2) is 62.2 Å². The average Bonchev–Trinajstić information content (AvgIpc) is 3.38. The minimum atomic E-state index is -0.410. The van der Waals surface area contributed by atoms with Gasteiger partial charge in [0.15, 0.2) is 5.78 Å². The number of pyridine rings is 1. The van der Waals surface area contributed by atoms with Gasteiger partial charge in [0.2, 0.25) is 5.91 Å². The smallest absolute Gasteiger partial charge is 0.221 e. The molecule has 2 aromatic heterocycles. The third-order valence-electron chi connectivity index (χ3n) is 6.54. The summed E-state index contributed by atoms with van der Waals surface area (Å²) in [5, 5.41) is 6.91. The molecule has 40 heavy (non-hydrogen) atoms. The number of anilines is 4. The topological polar surface area (TPSA) is 118 Å². The summed E-state index contributed by atoms with van der Waals surface area (Å²) in [5.41, 5.74) is 3.16. The number of morpholine rings is 1. The number of aromatic amines is 1. The summed E-state index contributed by atoms with van der Waals surface area (Å²) in [5.74, 6) is 0.450. The first-order valence-electron chi connectivity index (χ1n) is 12.4. The molecule has 1 aliphatic heterocycles. The number of halogens is 2. The SMILES string of the molecule is COc1cc(OC)c(Cl)c(C(=O)c2c[nH]c3nc(Nc4ccc(N5CCOCC5)cc4NC(C)=O)ccc23)c1Cl. The summed E-state index contributed by atoms with van der Waals surface area (Å²) < 4.78 is 16.0. The minimum absolute atomic E-state index is 0.0722. The zero-order valence-electron chi connectivity index (χ0n) is 22.1. The van der Waals surface area contributed by atoms with E-state index in [1.165, 1.54) is 27.2 Å². The predicted molar refractivity (Wildman–Crippen MR) is 156 cm³/mol. The van der Waals surface area contributed by atoms with E-state index in [0.717, 1.165) is 18.8 Å². The van der Waals surface area contributed by atoms with Crippen LogP contribution in [0.4, 0.5) is 22.9 Å². The van der Waals surface area contributed by atoms with E-state index in [4.69, 9.17) is 37.4 Å². The van der Waals surface area contributed by atoms with E-state index in [1.54, 1.807) is 18.3 Å². The van der Waals surface area contributed by atoms with Crippen molar-refractivity contribution in [2.24, 2.45) is 0 Å². The van der Waals surface area contributed by atoms with Crippen LogP contribution in [0.15, 0.2) is 42.6 Å². The fourth-order valence-corrected chi connectivity index (χ4v) is 5.24. The zero-order chi connectivity index (χ0) is 28.4. The lowest BCUT2D eigenvalue weighted by Crippen LogP contribution is -2.36. The molecule has 4 aromatic rings. The number of ether oxygens (including phenoxy) is 3. The number of amides is 1. The first kappa shape index (κ1) is 27.6. The molecule has 0 spiro atoms. The Morgan fingerprint density at radius 3 is 2.35 bits per heavy atom. The molecule has 0 saturated carbocycles. The van der Waals surface area contributed by atoms with Gasteiger partial charge in [-0.1, -0.05) is 23.2 Å². The number of H-pyrrole nitrogens is 1. The summed E-state index contributed by atoms with van der Waals surface area (Å²) in [6, 6.07) is 10.8. The Labute approximate surface area is 240 Å². The summed E-state index contributed by atoms with van der Waals surface area (Å²) in [7, 11) is 2.89. The van der Waals surface area contributed by atoms with Crippen LogP contribution in [0.5, 0.6) is 11.5 Å². The fraction of sp³-hybridized carbons (Fsp3) is 0.250. The first-order chi connectivity index (χ1) is 19.3. The lowest BCUT2D eigenvalue weighted by molar-refractivity contribution is -0.114. The Morgan fingerprint density at radius 1 is 1.00 bits per heavy atom. The standard InChI is InChI=1S/C28H27Cl2N5O5/c1-15(36)32-20-12-16(35-8-10-40-11-9-35)4-6-19(20)33-23-7-5-17-18(14-31-28(17)34-23)27(37)24-25(29)21(38-2)13-22(39-3)26(24)30/h4-7,12-14H,8-11H2,1-3H3,(H,32,36)(H2,31,33,34). The molecule has 1 saturated heterocycles. The van der Waals surface area contributed by atoms with Gasteiger partial charge in [-0.25, -0.2) is 4.98 Å². The van der Waals surface area contributed by atoms with Crippen LogP contribution in [0, 0.1) is 0 Å². The maximum absolute atomic E-state index is 13.6. The number of hydrogen-bond donors (Lipinski definition) is 3. The van der Waals surface area contributed by atoms with Crippen LogP contribution >= 0.6 is 23.2 Å². The van der Waals surface area contributed by atoms with Crippen LogP contribution in [-0.2, 0) is 9.53 Å². The van der Waals surface area contributed by atoms with E-state index in [-0.39, 0.29) is 33.0 Å². The third-order valence-corrected chi connectivity index (χ3v) is 7.29. The number of nitrogens with one attached hydrogen (secondary N) is 3. The van der Waals surface area contributed by atoms with Gasteiger partial charge in [-0.15, -0.1) is 0 Å². The highest BCUT2D eigenvalue weighted by Gasteiger charge is 2.26. The zero-order valence-corrected chi connectivity index (χ0v) is 23.6. The van der Waals surface area contributed by atoms with E-state index in [0.29, 0.717) is 47.0 Å². The molecule has 2 aromatic carbocycles. The van der Waals surface area contributed by atoms with E-state index in [2.05, 4.69) is 25.5 Å². The van der Waals surface area contributed by atoms with E-state index < -0.39 is 5.78 Å². The van der Waals surface area contributed by atoms with Crippen LogP contribution < -0.4 is 25.0 Å². The van der Waals surface area contributed by atoms with Crippen molar-refractivity contribution in [1.29, 1.82) is 0 Å². The van der Waals surface area contributed by atoms with Crippen molar-refractivity contribution in [1.82, 2.24) is 9.97 Å². The Kier molecular flexibility index (Phi) is 8.02. The number of fused-ring (bicyclic) bond motifs is 1. The monoisotopic (exact) mass is 583 g/mol. The van der Waals surface area contributed by atoms with Crippen molar-refractivity contribution in [3.05, 3.63) is 63.8 Å². The molecule has 0 aliphatic carbocycles. The Hall–Kier alpha value is -3.99. The maximum Gasteiger partial charge on any atom is 0.221 e. The molecule has 0 bridgehead atoms. The Morgan fingerprint density at radius 2 is 1.70 bits per heavy atom. The van der Waals surface area contributed by atoms with Gasteiger partial charge in [-0.3, -0.25) is 9.59 Å². The summed E-state index contributed by atoms with van der Waals surface area (Å²) in [4.78, 5) is 35.4. The molecule has 208 valence electrons. The summed E-state index contributed by atoms with van der Waals surface area (Å²) in [6.07, 6.45) is 1.56. The van der Waals surface area contributed by atoms with Crippen molar-refractivity contribution in [3.8, 4) is 11.5 Å². The van der Waals surface area contributed by atoms with Gasteiger partial charge in [-0.05, 0) is 30.3 Å². The number of aromatic nitrogens is 2. The molecule has 3 N–H and O–H groups in total. The van der Waals surface area contributed by atoms with Crippen molar-refractivity contribution >= 4 is 68.8 Å². The van der Waals surface area contributed by atoms with E-state index >= 15 is 0 Å². The number of carbonyl (C=O) groups is 2. The Bertz CT molecular complexity index is 1570. The summed E-state index contributed by atoms with van der Waals surface area (Å²) in [6.45, 7) is 4.33. The fourth-order valence-electron chi connectivity index (χ4n) is 4.57. The average molecular weight is 584 g/mol. The van der Waals surface area contributed by atoms with Crippen LogP contribution in [0.25, 0.3) is 11.0 Å².